The van der Waals surface area contributed by atoms with Crippen molar-refractivity contribution in [2.24, 2.45) is 0 Å². The van der Waals surface area contributed by atoms with Crippen molar-refractivity contribution in [1.82, 2.24) is 4.98 Å². The average Bonchev–Trinajstić information content (AvgIpc) is 2.50. The number of carbonyl (C=O) groups is 1. The molecule has 122 valence electrons. The number of alkyl halides is 3. The van der Waals surface area contributed by atoms with Crippen LogP contribution in [0.5, 0.6) is 0 Å². The predicted octanol–water partition coefficient (Wildman–Crippen LogP) is 4.37. The van der Waals surface area contributed by atoms with E-state index >= 15 is 0 Å². The molecule has 0 unspecified atom stereocenters. The minimum Gasteiger partial charge on any atom is -0.323 e. The number of pyridine rings is 1. The minimum absolute atomic E-state index is 0.0598. The van der Waals surface area contributed by atoms with E-state index in [0.29, 0.717) is 0 Å². The van der Waals surface area contributed by atoms with Crippen LogP contribution < -0.4 is 5.32 Å². The Balaban J connectivity index is 2.26. The van der Waals surface area contributed by atoms with Crippen molar-refractivity contribution < 1.29 is 22.4 Å². The van der Waals surface area contributed by atoms with Gasteiger partial charge in [-0.15, -0.1) is 0 Å². The lowest BCUT2D eigenvalue weighted by atomic mass is 9.94. The predicted molar refractivity (Wildman–Crippen MR) is 77.3 cm³/mol. The highest BCUT2D eigenvalue weighted by Gasteiger charge is 2.31. The average molecular weight is 326 g/mol. The number of anilines is 1. The molecule has 0 aliphatic carbocycles. The van der Waals surface area contributed by atoms with Gasteiger partial charge in [0.1, 0.15) is 0 Å². The smallest absolute Gasteiger partial charge is 0.323 e. The van der Waals surface area contributed by atoms with Gasteiger partial charge in [0.25, 0.3) is 0 Å². The highest BCUT2D eigenvalue weighted by molar-refractivity contribution is 5.95. The van der Waals surface area contributed by atoms with Crippen LogP contribution in [-0.4, -0.2) is 10.9 Å². The molecule has 7 heteroatoms. The van der Waals surface area contributed by atoms with Crippen molar-refractivity contribution in [2.45, 2.75) is 25.4 Å². The molecule has 0 aliphatic heterocycles. The first-order valence-electron chi connectivity index (χ1n) is 6.90. The molecule has 0 bridgehead atoms. The van der Waals surface area contributed by atoms with Crippen LogP contribution in [0, 0.1) is 5.82 Å². The lowest BCUT2D eigenvalue weighted by molar-refractivity contribution is -0.137. The standard InChI is InChI=1S/C16H14F4N2O/c1-2-12(10-4-3-5-11(8-10)16(18,19)20)15(23)22-14-6-7-21-9-13(14)17/h3-9,12H,2H2,1H3,(H,21,22,23)/t12-/m0/s1. The Labute approximate surface area is 130 Å². The Morgan fingerprint density at radius 1 is 1.30 bits per heavy atom. The van der Waals surface area contributed by atoms with Gasteiger partial charge in [-0.25, -0.2) is 4.39 Å². The van der Waals surface area contributed by atoms with Crippen LogP contribution in [0.1, 0.15) is 30.4 Å². The molecular weight excluding hydrogens is 312 g/mol. The summed E-state index contributed by atoms with van der Waals surface area (Å²) in [6.45, 7) is 1.67. The van der Waals surface area contributed by atoms with Gasteiger partial charge in [-0.1, -0.05) is 25.1 Å². The maximum Gasteiger partial charge on any atom is 0.416 e. The number of carbonyl (C=O) groups excluding carboxylic acids is 1. The SMILES string of the molecule is CC[C@H](C(=O)Nc1ccncc1F)c1cccc(C(F)(F)F)c1. The van der Waals surface area contributed by atoms with Crippen LogP contribution in [-0.2, 0) is 11.0 Å². The van der Waals surface area contributed by atoms with Crippen molar-refractivity contribution in [3.63, 3.8) is 0 Å². The molecule has 2 rings (SSSR count). The van der Waals surface area contributed by atoms with Crippen molar-refractivity contribution in [3.8, 4) is 0 Å². The molecule has 1 aromatic carbocycles. The first-order chi connectivity index (χ1) is 10.8. The van der Waals surface area contributed by atoms with Gasteiger partial charge in [-0.3, -0.25) is 9.78 Å². The van der Waals surface area contributed by atoms with Crippen molar-refractivity contribution in [1.29, 1.82) is 0 Å². The van der Waals surface area contributed by atoms with Crippen LogP contribution in [0.2, 0.25) is 0 Å². The fourth-order valence-electron chi connectivity index (χ4n) is 2.20. The summed E-state index contributed by atoms with van der Waals surface area (Å²) in [5.41, 5.74) is -0.652. The zero-order chi connectivity index (χ0) is 17.0. The van der Waals surface area contributed by atoms with Crippen LogP contribution in [0.15, 0.2) is 42.7 Å². The maximum atomic E-state index is 13.5. The minimum atomic E-state index is -4.48. The van der Waals surface area contributed by atoms with Gasteiger partial charge in [0.15, 0.2) is 5.82 Å². The molecular formula is C16H14F4N2O. The van der Waals surface area contributed by atoms with E-state index in [1.807, 2.05) is 0 Å². The molecule has 0 fully saturated rings. The van der Waals surface area contributed by atoms with Crippen LogP contribution in [0.4, 0.5) is 23.2 Å². The summed E-state index contributed by atoms with van der Waals surface area (Å²) in [4.78, 5) is 15.8. The van der Waals surface area contributed by atoms with E-state index in [1.54, 1.807) is 6.92 Å². The second-order valence-corrected chi connectivity index (χ2v) is 4.93. The highest BCUT2D eigenvalue weighted by atomic mass is 19.4. The van der Waals surface area contributed by atoms with Gasteiger partial charge in [-0.05, 0) is 24.1 Å². The van der Waals surface area contributed by atoms with Gasteiger partial charge in [-0.2, -0.15) is 13.2 Å². The summed E-state index contributed by atoms with van der Waals surface area (Å²) >= 11 is 0. The molecule has 2 aromatic rings. The van der Waals surface area contributed by atoms with Crippen molar-refractivity contribution in [2.75, 3.05) is 5.32 Å². The van der Waals surface area contributed by atoms with Gasteiger partial charge < -0.3 is 5.32 Å². The lowest BCUT2D eigenvalue weighted by Gasteiger charge is -2.17. The highest BCUT2D eigenvalue weighted by Crippen LogP contribution is 2.32. The topological polar surface area (TPSA) is 42.0 Å². The molecule has 1 heterocycles. The zero-order valence-electron chi connectivity index (χ0n) is 12.2. The van der Waals surface area contributed by atoms with Gasteiger partial charge >= 0.3 is 6.18 Å². The summed E-state index contributed by atoms with van der Waals surface area (Å²) in [7, 11) is 0. The van der Waals surface area contributed by atoms with Crippen LogP contribution in [0.3, 0.4) is 0 Å². The quantitative estimate of drug-likeness (QED) is 0.848. The lowest BCUT2D eigenvalue weighted by Crippen LogP contribution is -2.21. The number of nitrogens with zero attached hydrogens (tertiary/aromatic N) is 1. The molecule has 0 saturated carbocycles. The number of halogens is 4. The van der Waals surface area contributed by atoms with Gasteiger partial charge in [0.05, 0.1) is 23.4 Å². The second kappa shape index (κ2) is 6.76. The fraction of sp³-hybridized carbons (Fsp3) is 0.250. The zero-order valence-corrected chi connectivity index (χ0v) is 12.2. The normalized spacial score (nSPS) is 12.7. The molecule has 0 spiro atoms. The van der Waals surface area contributed by atoms with E-state index in [0.717, 1.165) is 18.3 Å². The first-order valence-corrected chi connectivity index (χ1v) is 6.90. The summed E-state index contributed by atoms with van der Waals surface area (Å²) in [5, 5.41) is 2.38. The summed E-state index contributed by atoms with van der Waals surface area (Å²) in [5.74, 6) is -2.10. The second-order valence-electron chi connectivity index (χ2n) is 4.93. The Kier molecular flexibility index (Phi) is 4.98. The van der Waals surface area contributed by atoms with Crippen molar-refractivity contribution in [3.05, 3.63) is 59.7 Å². The molecule has 1 N–H and O–H groups in total. The molecule has 3 nitrogen and oxygen atoms in total. The van der Waals surface area contributed by atoms with E-state index in [1.165, 1.54) is 24.4 Å². The molecule has 23 heavy (non-hydrogen) atoms. The summed E-state index contributed by atoms with van der Waals surface area (Å²) in [6, 6.07) is 5.87. The molecule has 0 radical (unpaired) electrons. The summed E-state index contributed by atoms with van der Waals surface area (Å²) in [6.07, 6.45) is -1.95. The Bertz CT molecular complexity index is 700. The largest absolute Gasteiger partial charge is 0.416 e. The first kappa shape index (κ1) is 16.9. The number of benzene rings is 1. The number of rotatable bonds is 4. The van der Waals surface area contributed by atoms with Gasteiger partial charge in [0, 0.05) is 6.20 Å². The third-order valence-corrected chi connectivity index (χ3v) is 3.37. The number of hydrogen-bond acceptors (Lipinski definition) is 2. The Hall–Kier alpha value is -2.44. The monoisotopic (exact) mass is 326 g/mol. The van der Waals surface area contributed by atoms with Crippen LogP contribution in [0.25, 0.3) is 0 Å². The Morgan fingerprint density at radius 3 is 2.65 bits per heavy atom. The number of hydrogen-bond donors (Lipinski definition) is 1. The van der Waals surface area contributed by atoms with Gasteiger partial charge in [0.2, 0.25) is 5.91 Å². The third kappa shape index (κ3) is 4.06. The molecule has 1 atom stereocenters. The third-order valence-electron chi connectivity index (χ3n) is 3.37. The number of amides is 1. The van der Waals surface area contributed by atoms with E-state index in [4.69, 9.17) is 0 Å². The van der Waals surface area contributed by atoms with E-state index in [9.17, 15) is 22.4 Å². The maximum absolute atomic E-state index is 13.5. The van der Waals surface area contributed by atoms with Crippen molar-refractivity contribution >= 4 is 11.6 Å². The number of nitrogens with one attached hydrogen (secondary N) is 1. The van der Waals surface area contributed by atoms with Crippen LogP contribution >= 0.6 is 0 Å². The summed E-state index contributed by atoms with van der Waals surface area (Å²) < 4.78 is 51.9. The molecule has 0 aliphatic rings. The fourth-order valence-corrected chi connectivity index (χ4v) is 2.20. The van der Waals surface area contributed by atoms with E-state index in [-0.39, 0.29) is 17.7 Å². The molecule has 0 saturated heterocycles. The molecule has 1 aromatic heterocycles. The number of aromatic nitrogens is 1. The Morgan fingerprint density at radius 2 is 2.04 bits per heavy atom. The molecule has 1 amide bonds. The van der Waals surface area contributed by atoms with E-state index < -0.39 is 29.4 Å². The van der Waals surface area contributed by atoms with E-state index in [2.05, 4.69) is 10.3 Å².